The molecule has 3 heteroatoms. The smallest absolute Gasteiger partial charge is 0.299 e. The van der Waals surface area contributed by atoms with Gasteiger partial charge in [0.2, 0.25) is 0 Å². The molecule has 0 heterocycles. The Hall–Kier alpha value is -1.12. The molecule has 0 aliphatic rings. The predicted molar refractivity (Wildman–Crippen MR) is 20.9 cm³/mol. The molecule has 0 aromatic rings. The van der Waals surface area contributed by atoms with Gasteiger partial charge in [-0.05, 0) is 6.08 Å². The number of rotatable bonds is 2. The SMILES string of the molecule is [O]C(=O)C=CC=O. The van der Waals surface area contributed by atoms with Crippen LogP contribution in [0.3, 0.4) is 0 Å². The Bertz CT molecular complexity index is 104. The normalized spacial score (nSPS) is 9.14. The summed E-state index contributed by atoms with van der Waals surface area (Å²) in [5, 5.41) is 9.40. The van der Waals surface area contributed by atoms with Crippen molar-refractivity contribution in [3.8, 4) is 0 Å². The van der Waals surface area contributed by atoms with Crippen molar-refractivity contribution >= 4 is 12.3 Å². The lowest BCUT2D eigenvalue weighted by Crippen LogP contribution is -1.82. The third-order valence-corrected chi connectivity index (χ3v) is 0.311. The number of carbonyl (C=O) groups is 2. The van der Waals surface area contributed by atoms with Crippen LogP contribution in [0.15, 0.2) is 12.2 Å². The quantitative estimate of drug-likeness (QED) is 0.352. The van der Waals surface area contributed by atoms with Crippen molar-refractivity contribution in [1.82, 2.24) is 0 Å². The summed E-state index contributed by atoms with van der Waals surface area (Å²) < 4.78 is 0. The molecule has 0 rings (SSSR count). The van der Waals surface area contributed by atoms with E-state index in [1.807, 2.05) is 0 Å². The van der Waals surface area contributed by atoms with Crippen LogP contribution < -0.4 is 0 Å². The van der Waals surface area contributed by atoms with Gasteiger partial charge in [0.05, 0.1) is 0 Å². The fourth-order valence-corrected chi connectivity index (χ4v) is 0.118. The van der Waals surface area contributed by atoms with Gasteiger partial charge in [-0.15, -0.1) is 0 Å². The van der Waals surface area contributed by atoms with Crippen molar-refractivity contribution in [2.24, 2.45) is 0 Å². The van der Waals surface area contributed by atoms with Crippen LogP contribution in [0.4, 0.5) is 0 Å². The zero-order valence-corrected chi connectivity index (χ0v) is 3.46. The summed E-state index contributed by atoms with van der Waals surface area (Å²) in [5.74, 6) is -1.35. The topological polar surface area (TPSA) is 54.0 Å². The molecule has 1 radical (unpaired) electrons. The van der Waals surface area contributed by atoms with Gasteiger partial charge in [-0.25, -0.2) is 9.90 Å². The molecule has 0 bridgehead atoms. The van der Waals surface area contributed by atoms with Gasteiger partial charge in [0.25, 0.3) is 0 Å². The average molecular weight is 99.1 g/mol. The van der Waals surface area contributed by atoms with E-state index >= 15 is 0 Å². The van der Waals surface area contributed by atoms with Gasteiger partial charge in [0.15, 0.2) is 0 Å². The van der Waals surface area contributed by atoms with Gasteiger partial charge < -0.3 is 0 Å². The average Bonchev–Trinajstić information content (AvgIpc) is 1.61. The minimum absolute atomic E-state index is 0.371. The number of allylic oxidation sites excluding steroid dienone is 1. The summed E-state index contributed by atoms with van der Waals surface area (Å²) in [7, 11) is 0. The number of hydrogen-bond acceptors (Lipinski definition) is 2. The Kier molecular flexibility index (Phi) is 2.59. The lowest BCUT2D eigenvalue weighted by molar-refractivity contribution is -0.137. The zero-order valence-electron chi connectivity index (χ0n) is 3.46. The molecule has 0 atom stereocenters. The van der Waals surface area contributed by atoms with Crippen molar-refractivity contribution in [1.29, 1.82) is 0 Å². The van der Waals surface area contributed by atoms with E-state index in [4.69, 9.17) is 0 Å². The van der Waals surface area contributed by atoms with E-state index in [0.717, 1.165) is 6.08 Å². The molecule has 0 unspecified atom stereocenters. The van der Waals surface area contributed by atoms with Gasteiger partial charge in [-0.3, -0.25) is 4.79 Å². The van der Waals surface area contributed by atoms with Crippen LogP contribution in [0.2, 0.25) is 0 Å². The Morgan fingerprint density at radius 3 is 2.14 bits per heavy atom. The predicted octanol–water partition coefficient (Wildman–Crippen LogP) is -0.301. The largest absolute Gasteiger partial charge is 0.379 e. The third-order valence-electron chi connectivity index (χ3n) is 0.311. The van der Waals surface area contributed by atoms with Crippen molar-refractivity contribution in [2.45, 2.75) is 0 Å². The van der Waals surface area contributed by atoms with Crippen molar-refractivity contribution < 1.29 is 14.7 Å². The number of hydrogen-bond donors (Lipinski definition) is 0. The standard InChI is InChI=1S/C4H3O3/c5-3-1-2-4(6)7/h1-3H. The lowest BCUT2D eigenvalue weighted by Gasteiger charge is -1.62. The summed E-state index contributed by atoms with van der Waals surface area (Å²) in [6.07, 6.45) is 1.89. The van der Waals surface area contributed by atoms with E-state index in [-0.39, 0.29) is 0 Å². The molecule has 0 saturated heterocycles. The summed E-state index contributed by atoms with van der Waals surface area (Å²) in [5.41, 5.74) is 0. The number of carbonyl (C=O) groups excluding carboxylic acids is 2. The second kappa shape index (κ2) is 3.08. The molecule has 0 aromatic carbocycles. The minimum Gasteiger partial charge on any atom is -0.299 e. The van der Waals surface area contributed by atoms with Crippen LogP contribution in [0.1, 0.15) is 0 Å². The van der Waals surface area contributed by atoms with Gasteiger partial charge in [0, 0.05) is 6.08 Å². The van der Waals surface area contributed by atoms with Gasteiger partial charge in [-0.2, -0.15) is 0 Å². The Labute approximate surface area is 40.3 Å². The molecule has 7 heavy (non-hydrogen) atoms. The lowest BCUT2D eigenvalue weighted by atomic mass is 10.5. The highest BCUT2D eigenvalue weighted by atomic mass is 16.4. The van der Waals surface area contributed by atoms with Gasteiger partial charge >= 0.3 is 5.97 Å². The van der Waals surface area contributed by atoms with E-state index in [1.54, 1.807) is 0 Å². The van der Waals surface area contributed by atoms with E-state index in [9.17, 15) is 14.7 Å². The zero-order chi connectivity index (χ0) is 5.70. The maximum absolute atomic E-state index is 9.40. The number of aldehydes is 1. The fourth-order valence-electron chi connectivity index (χ4n) is 0.118. The van der Waals surface area contributed by atoms with Crippen LogP contribution >= 0.6 is 0 Å². The Morgan fingerprint density at radius 1 is 1.43 bits per heavy atom. The molecule has 0 aliphatic heterocycles. The van der Waals surface area contributed by atoms with Crippen molar-refractivity contribution in [3.63, 3.8) is 0 Å². The molecule has 0 spiro atoms. The van der Waals surface area contributed by atoms with Crippen LogP contribution in [0, 0.1) is 0 Å². The third kappa shape index (κ3) is 4.88. The molecule has 0 N–H and O–H groups in total. The second-order valence-corrected chi connectivity index (χ2v) is 0.814. The first-order valence-electron chi connectivity index (χ1n) is 1.60. The highest BCUT2D eigenvalue weighted by Gasteiger charge is 1.83. The molecule has 0 aliphatic carbocycles. The van der Waals surface area contributed by atoms with Gasteiger partial charge in [-0.1, -0.05) is 0 Å². The summed E-state index contributed by atoms with van der Waals surface area (Å²) >= 11 is 0. The highest BCUT2D eigenvalue weighted by Crippen LogP contribution is 1.65. The molecule has 3 nitrogen and oxygen atoms in total. The molecular formula is C4H3O3. The first kappa shape index (κ1) is 5.88. The molecular weight excluding hydrogens is 96.0 g/mol. The van der Waals surface area contributed by atoms with Crippen LogP contribution in [0.25, 0.3) is 0 Å². The molecule has 0 amide bonds. The molecule has 0 saturated carbocycles. The molecule has 0 fully saturated rings. The Balaban J connectivity index is 3.46. The first-order valence-corrected chi connectivity index (χ1v) is 1.60. The summed E-state index contributed by atoms with van der Waals surface area (Å²) in [4.78, 5) is 18.7. The molecule has 37 valence electrons. The fraction of sp³-hybridized carbons (Fsp3) is 0. The van der Waals surface area contributed by atoms with Crippen molar-refractivity contribution in [2.75, 3.05) is 0 Å². The van der Waals surface area contributed by atoms with E-state index in [1.165, 1.54) is 0 Å². The maximum Gasteiger partial charge on any atom is 0.379 e. The maximum atomic E-state index is 9.40. The summed E-state index contributed by atoms with van der Waals surface area (Å²) in [6, 6.07) is 0. The Morgan fingerprint density at radius 2 is 2.00 bits per heavy atom. The van der Waals surface area contributed by atoms with E-state index in [0.29, 0.717) is 12.4 Å². The highest BCUT2D eigenvalue weighted by molar-refractivity contribution is 5.84. The first-order chi connectivity index (χ1) is 3.27. The van der Waals surface area contributed by atoms with Crippen LogP contribution in [-0.2, 0) is 14.7 Å². The summed E-state index contributed by atoms with van der Waals surface area (Å²) in [6.45, 7) is 0. The van der Waals surface area contributed by atoms with Crippen LogP contribution in [-0.4, -0.2) is 12.3 Å². The second-order valence-electron chi connectivity index (χ2n) is 0.814. The van der Waals surface area contributed by atoms with E-state index < -0.39 is 5.97 Å². The van der Waals surface area contributed by atoms with Gasteiger partial charge in [0.1, 0.15) is 6.29 Å². The van der Waals surface area contributed by atoms with Crippen molar-refractivity contribution in [3.05, 3.63) is 12.2 Å². The van der Waals surface area contributed by atoms with E-state index in [2.05, 4.69) is 0 Å². The minimum atomic E-state index is -1.35. The molecule has 0 aromatic heterocycles. The van der Waals surface area contributed by atoms with Crippen LogP contribution in [0.5, 0.6) is 0 Å². The monoisotopic (exact) mass is 99.0 g/mol.